The van der Waals surface area contributed by atoms with Crippen LogP contribution in [0.5, 0.6) is 11.5 Å². The molecule has 1 aromatic heterocycles. The lowest BCUT2D eigenvalue weighted by Gasteiger charge is -2.21. The number of amides is 1. The van der Waals surface area contributed by atoms with Gasteiger partial charge >= 0.3 is 0 Å². The maximum atomic E-state index is 13.0. The summed E-state index contributed by atoms with van der Waals surface area (Å²) in [7, 11) is -0.551. The second-order valence-corrected chi connectivity index (χ2v) is 9.53. The van der Waals surface area contributed by atoms with Crippen LogP contribution in [0.25, 0.3) is 0 Å². The van der Waals surface area contributed by atoms with Crippen LogP contribution in [0.15, 0.2) is 27.6 Å². The third-order valence-corrected chi connectivity index (χ3v) is 7.56. The Morgan fingerprint density at radius 1 is 1.12 bits per heavy atom. The highest BCUT2D eigenvalue weighted by molar-refractivity contribution is 7.89. The van der Waals surface area contributed by atoms with E-state index in [1.54, 1.807) is 34.1 Å². The third-order valence-electron chi connectivity index (χ3n) is 5.42. The number of aromatic nitrogens is 1. The Kier molecular flexibility index (Phi) is 7.75. The minimum Gasteiger partial charge on any atom is -0.493 e. The number of aryl methyl sites for hydroxylation is 2. The fraction of sp³-hybridized carbons (Fsp3) is 0.524. The molecule has 11 heteroatoms. The van der Waals surface area contributed by atoms with E-state index in [2.05, 4.69) is 10.5 Å². The molecular formula is C21H30N4O6S. The Hall–Kier alpha value is -2.63. The summed E-state index contributed by atoms with van der Waals surface area (Å²) in [4.78, 5) is 14.6. The van der Waals surface area contributed by atoms with E-state index >= 15 is 0 Å². The molecule has 176 valence electrons. The van der Waals surface area contributed by atoms with Gasteiger partial charge in [0, 0.05) is 26.2 Å². The number of rotatable bonds is 8. The molecule has 1 aromatic carbocycles. The molecule has 1 fully saturated rings. The topological polar surface area (TPSA) is 114 Å². The van der Waals surface area contributed by atoms with Crippen LogP contribution in [0.3, 0.4) is 0 Å². The Morgan fingerprint density at radius 3 is 2.53 bits per heavy atom. The summed E-state index contributed by atoms with van der Waals surface area (Å²) in [6, 6.07) is 5.48. The van der Waals surface area contributed by atoms with Gasteiger partial charge in [-0.15, -0.1) is 0 Å². The Morgan fingerprint density at radius 2 is 1.88 bits per heavy atom. The van der Waals surface area contributed by atoms with E-state index in [4.69, 9.17) is 14.0 Å². The molecule has 32 heavy (non-hydrogen) atoms. The van der Waals surface area contributed by atoms with Gasteiger partial charge in [0.1, 0.15) is 10.6 Å². The van der Waals surface area contributed by atoms with Crippen LogP contribution in [-0.4, -0.2) is 75.6 Å². The van der Waals surface area contributed by atoms with Gasteiger partial charge in [0.05, 0.1) is 20.8 Å². The van der Waals surface area contributed by atoms with Crippen molar-refractivity contribution in [1.82, 2.24) is 19.7 Å². The smallest absolute Gasteiger partial charge is 0.248 e. The molecule has 3 rings (SSSR count). The Bertz CT molecular complexity index is 1030. The molecule has 0 saturated carbocycles. The Balaban J connectivity index is 1.54. The van der Waals surface area contributed by atoms with Crippen LogP contribution in [0.1, 0.15) is 23.4 Å². The SMILES string of the molecule is COc1ccc(CNC(=O)CN2CCCN(S(=O)(=O)c3c(C)noc3C)CC2)cc1OC. The van der Waals surface area contributed by atoms with Crippen molar-refractivity contribution in [2.75, 3.05) is 46.9 Å². The normalized spacial score (nSPS) is 15.9. The number of nitrogens with one attached hydrogen (secondary N) is 1. The standard InChI is InChI=1S/C21H30N4O6S/c1-15-21(16(2)31-23-15)32(27,28)25-9-5-8-24(10-11-25)14-20(26)22-13-17-6-7-18(29-3)19(12-17)30-4/h6-7,12H,5,8-11,13-14H2,1-4H3,(H,22,26). The number of sulfonamides is 1. The predicted molar refractivity (Wildman–Crippen MR) is 117 cm³/mol. The molecule has 0 aliphatic carbocycles. The molecule has 1 saturated heterocycles. The lowest BCUT2D eigenvalue weighted by Crippen LogP contribution is -2.40. The van der Waals surface area contributed by atoms with Crippen LogP contribution in [0, 0.1) is 13.8 Å². The van der Waals surface area contributed by atoms with Crippen molar-refractivity contribution in [3.63, 3.8) is 0 Å². The van der Waals surface area contributed by atoms with Crippen molar-refractivity contribution >= 4 is 15.9 Å². The molecule has 0 spiro atoms. The van der Waals surface area contributed by atoms with Crippen LogP contribution >= 0.6 is 0 Å². The first-order valence-electron chi connectivity index (χ1n) is 10.4. The number of carbonyl (C=O) groups excluding carboxylic acids is 1. The zero-order valence-electron chi connectivity index (χ0n) is 18.9. The van der Waals surface area contributed by atoms with Crippen LogP contribution in [0.2, 0.25) is 0 Å². The first-order valence-corrected chi connectivity index (χ1v) is 11.8. The largest absolute Gasteiger partial charge is 0.493 e. The van der Waals surface area contributed by atoms with Gasteiger partial charge in [-0.1, -0.05) is 11.2 Å². The first-order chi connectivity index (χ1) is 15.3. The zero-order valence-corrected chi connectivity index (χ0v) is 19.7. The molecule has 10 nitrogen and oxygen atoms in total. The molecule has 2 aromatic rings. The van der Waals surface area contributed by atoms with Gasteiger partial charge in [0.15, 0.2) is 17.3 Å². The molecule has 0 bridgehead atoms. The van der Waals surface area contributed by atoms with Crippen molar-refractivity contribution in [1.29, 1.82) is 0 Å². The average Bonchev–Trinajstić information content (AvgIpc) is 2.96. The first kappa shape index (κ1) is 24.0. The second-order valence-electron chi connectivity index (χ2n) is 7.65. The van der Waals surface area contributed by atoms with Crippen LogP contribution in [-0.2, 0) is 21.4 Å². The number of hydrogen-bond acceptors (Lipinski definition) is 8. The maximum Gasteiger partial charge on any atom is 0.248 e. The van der Waals surface area contributed by atoms with Gasteiger partial charge in [-0.3, -0.25) is 9.69 Å². The molecule has 0 atom stereocenters. The fourth-order valence-electron chi connectivity index (χ4n) is 3.77. The summed E-state index contributed by atoms with van der Waals surface area (Å²) in [5, 5.41) is 6.67. The lowest BCUT2D eigenvalue weighted by molar-refractivity contribution is -0.122. The molecule has 0 radical (unpaired) electrons. The Labute approximate surface area is 188 Å². The van der Waals surface area contributed by atoms with Crippen molar-refractivity contribution in [3.8, 4) is 11.5 Å². The number of nitrogens with zero attached hydrogens (tertiary/aromatic N) is 3. The van der Waals surface area contributed by atoms with E-state index in [9.17, 15) is 13.2 Å². The summed E-state index contributed by atoms with van der Waals surface area (Å²) in [6.07, 6.45) is 0.631. The number of ether oxygens (including phenoxy) is 2. The van der Waals surface area contributed by atoms with E-state index in [1.807, 2.05) is 17.0 Å². The minimum atomic E-state index is -3.69. The highest BCUT2D eigenvalue weighted by Crippen LogP contribution is 2.27. The summed E-state index contributed by atoms with van der Waals surface area (Å²) >= 11 is 0. The molecule has 1 aliphatic rings. The maximum absolute atomic E-state index is 13.0. The molecular weight excluding hydrogens is 436 g/mol. The van der Waals surface area contributed by atoms with E-state index in [0.29, 0.717) is 56.3 Å². The van der Waals surface area contributed by atoms with Crippen molar-refractivity contribution in [2.45, 2.75) is 31.7 Å². The molecule has 2 heterocycles. The number of carbonyl (C=O) groups is 1. The summed E-state index contributed by atoms with van der Waals surface area (Å²) in [5.74, 6) is 1.40. The van der Waals surface area contributed by atoms with Gasteiger partial charge in [-0.05, 0) is 44.5 Å². The summed E-state index contributed by atoms with van der Waals surface area (Å²) in [6.45, 7) is 5.57. The predicted octanol–water partition coefficient (Wildman–Crippen LogP) is 1.32. The fourth-order valence-corrected chi connectivity index (χ4v) is 5.53. The van der Waals surface area contributed by atoms with E-state index in [-0.39, 0.29) is 23.1 Å². The van der Waals surface area contributed by atoms with Crippen molar-refractivity contribution in [3.05, 3.63) is 35.2 Å². The second kappa shape index (κ2) is 10.3. The van der Waals surface area contributed by atoms with Crippen molar-refractivity contribution in [2.24, 2.45) is 0 Å². The van der Waals surface area contributed by atoms with Gasteiger partial charge in [0.2, 0.25) is 15.9 Å². The monoisotopic (exact) mass is 466 g/mol. The number of methoxy groups -OCH3 is 2. The molecule has 1 amide bonds. The van der Waals surface area contributed by atoms with E-state index < -0.39 is 10.0 Å². The van der Waals surface area contributed by atoms with Gasteiger partial charge in [0.25, 0.3) is 0 Å². The van der Waals surface area contributed by atoms with Crippen LogP contribution < -0.4 is 14.8 Å². The zero-order chi connectivity index (χ0) is 23.3. The lowest BCUT2D eigenvalue weighted by atomic mass is 10.2. The minimum absolute atomic E-state index is 0.123. The number of hydrogen-bond donors (Lipinski definition) is 1. The molecule has 0 unspecified atom stereocenters. The highest BCUT2D eigenvalue weighted by Gasteiger charge is 2.32. The highest BCUT2D eigenvalue weighted by atomic mass is 32.2. The third kappa shape index (κ3) is 5.40. The van der Waals surface area contributed by atoms with E-state index in [1.165, 1.54) is 4.31 Å². The van der Waals surface area contributed by atoms with Gasteiger partial charge < -0.3 is 19.3 Å². The molecule has 1 aliphatic heterocycles. The summed E-state index contributed by atoms with van der Waals surface area (Å²) < 4.78 is 43.1. The van der Waals surface area contributed by atoms with E-state index in [0.717, 1.165) is 5.56 Å². The number of benzene rings is 1. The molecule has 1 N–H and O–H groups in total. The summed E-state index contributed by atoms with van der Waals surface area (Å²) in [5.41, 5.74) is 1.25. The quantitative estimate of drug-likeness (QED) is 0.620. The van der Waals surface area contributed by atoms with Crippen molar-refractivity contribution < 1.29 is 27.2 Å². The van der Waals surface area contributed by atoms with Gasteiger partial charge in [-0.2, -0.15) is 4.31 Å². The van der Waals surface area contributed by atoms with Crippen LogP contribution in [0.4, 0.5) is 0 Å². The van der Waals surface area contributed by atoms with Gasteiger partial charge in [-0.25, -0.2) is 8.42 Å². The average molecular weight is 467 g/mol.